The number of Topliss-reactive ketones (excluding diaryl/α,β-unsaturated/α-hetero) is 3. The molecule has 24 nitrogen and oxygen atoms in total. The second kappa shape index (κ2) is 43.7. The molecule has 20 rings (SSSR count). The number of halogens is 15. The average molecular weight is 2090 g/mol. The molecule has 42 heteroatoms. The monoisotopic (exact) mass is 2080 g/mol. The zero-order valence-electron chi connectivity index (χ0n) is 72.6. The molecular formula is C90H97BBr3F12N9O15S2. The smallest absolute Gasteiger partial charge is 0.480 e. The van der Waals surface area contributed by atoms with Crippen molar-refractivity contribution >= 4 is 116 Å². The van der Waals surface area contributed by atoms with Gasteiger partial charge in [-0.15, -0.1) is 0 Å². The van der Waals surface area contributed by atoms with E-state index in [0.717, 1.165) is 84.0 Å². The molecule has 12 aliphatic rings. The Morgan fingerprint density at radius 2 is 0.735 bits per heavy atom. The van der Waals surface area contributed by atoms with E-state index in [2.05, 4.69) is 81.6 Å². The van der Waals surface area contributed by atoms with E-state index in [9.17, 15) is 98.3 Å². The molecule has 6 aromatic carbocycles. The van der Waals surface area contributed by atoms with E-state index >= 15 is 0 Å². The van der Waals surface area contributed by atoms with Crippen LogP contribution in [0.15, 0.2) is 169 Å². The predicted molar refractivity (Wildman–Crippen MR) is 471 cm³/mol. The number of hydrogen-bond donors (Lipinski definition) is 4. The highest BCUT2D eigenvalue weighted by atomic mass is 79.9. The second-order valence-corrected chi connectivity index (χ2v) is 41.4. The Labute approximate surface area is 780 Å². The van der Waals surface area contributed by atoms with Gasteiger partial charge in [-0.2, -0.15) is 35.0 Å². The Balaban J connectivity index is 0.000000171. The van der Waals surface area contributed by atoms with Crippen LogP contribution in [0.2, 0.25) is 0 Å². The van der Waals surface area contributed by atoms with Gasteiger partial charge in [-0.1, -0.05) is 74.1 Å². The summed E-state index contributed by atoms with van der Waals surface area (Å²) < 4.78 is 222. The minimum atomic E-state index is -4.70. The number of hydrogen-bond acceptors (Lipinski definition) is 19. The van der Waals surface area contributed by atoms with Crippen LogP contribution in [0, 0.1) is 58.6 Å². The Hall–Kier alpha value is -9.14. The van der Waals surface area contributed by atoms with E-state index in [0.29, 0.717) is 84.0 Å². The number of alkyl halides is 6. The Morgan fingerprint density at radius 3 is 1.07 bits per heavy atom. The SMILES string of the molecule is CC(C)(C)OC(=O)N1C2CC(C2)C1C(=O)CCc1cc(F)cc(Br)c1.CC(C)(C)OC(=O)N1C2CC(C2)C1C(=O)O.CCC.NCc1cc(F)cc(Br)c1.O=C(CCc1cc(F)cc(-c2cnc(C(F)(F)F)nc2)c1)[C@@H]1C2CC(C2)N1S(=O)(=O)c1ccc(F)cc1.O=C(CCc1cc(F)cc(Br)c1)C1C2CC(C2)N1S(=O)(=O)c1ccc(F)cc1.OB(O)c1cnc(C(F)(F)F)nc1. The lowest BCUT2D eigenvalue weighted by molar-refractivity contribution is -0.145. The lowest BCUT2D eigenvalue weighted by Crippen LogP contribution is -2.44. The molecule has 8 bridgehead atoms. The number of carboxylic acid groups (broad SMARTS) is 1. The van der Waals surface area contributed by atoms with Crippen LogP contribution in [0.25, 0.3) is 11.1 Å². The van der Waals surface area contributed by atoms with Crippen LogP contribution < -0.4 is 11.2 Å². The van der Waals surface area contributed by atoms with E-state index in [1.165, 1.54) is 92.7 Å². The van der Waals surface area contributed by atoms with Crippen molar-refractivity contribution in [3.63, 3.8) is 0 Å². The van der Waals surface area contributed by atoms with Gasteiger partial charge < -0.3 is 30.4 Å². The number of fused-ring (bicyclic) bond motifs is 4. The summed E-state index contributed by atoms with van der Waals surface area (Å²) in [6.07, 6.45) is 1.45. The molecule has 132 heavy (non-hydrogen) atoms. The number of sulfonamides is 2. The highest BCUT2D eigenvalue weighted by molar-refractivity contribution is 9.11. The van der Waals surface area contributed by atoms with Crippen molar-refractivity contribution in [1.29, 1.82) is 0 Å². The van der Waals surface area contributed by atoms with Gasteiger partial charge in [0.2, 0.25) is 31.7 Å². The van der Waals surface area contributed by atoms with Crippen LogP contribution in [0.5, 0.6) is 0 Å². The molecule has 12 fully saturated rings. The Bertz CT molecular complexity index is 5620. The third-order valence-corrected chi connectivity index (χ3v) is 27.9. The van der Waals surface area contributed by atoms with Crippen molar-refractivity contribution in [2.75, 3.05) is 0 Å². The van der Waals surface area contributed by atoms with Gasteiger partial charge in [0.25, 0.3) is 0 Å². The van der Waals surface area contributed by atoms with E-state index in [4.69, 9.17) is 30.4 Å². The first-order valence-corrected chi connectivity index (χ1v) is 47.3. The minimum absolute atomic E-state index is 0.00619. The van der Waals surface area contributed by atoms with E-state index < -0.39 is 122 Å². The summed E-state index contributed by atoms with van der Waals surface area (Å²) in [5.41, 5.74) is 7.05. The molecule has 712 valence electrons. The molecule has 2 aromatic heterocycles. The van der Waals surface area contributed by atoms with Crippen LogP contribution in [0.1, 0.15) is 166 Å². The first-order chi connectivity index (χ1) is 61.7. The standard InChI is InChI=1S/C25H20F5N3O3S.C20H18BrF2NO3S.C19H23BrFNO3.C11H17NO4.C7H7BrFN.C5H4BF3N2O2.C3H8/c26-18-2-4-21(5-3-18)37(35,36)33-20-10-16(11-20)23(33)22(34)6-1-14-7-15(9-19(27)8-14)17-12-31-24(32-13-17)25(28,29)30;21-14-7-12(8-16(23)11-14)1-6-19(25)20-13-9-17(10-13)24(20)28(26,27)18-4-2-15(22)3-5-18;1-19(2,3)25-18(24)22-15-8-12(9-15)17(22)16(23)5-4-11-6-13(20)10-14(21)7-11;1-11(2,3)16-10(15)12-7-4-6(5-7)8(12)9(13)14;8-6-1-5(4-10)2-7(9)3-6;7-5(8,9)4-10-1-3(2-11-4)6(12)13;1-3-2/h2-5,7-9,12-13,16,20,23H,1,6,10-11H2;2-5,7-8,11,13,17,20H,1,6,9-10H2;6-7,10,12,15,17H,4-5,8-9H2,1-3H3;6-8H,4-5H2,1-3H3,(H,13,14);1-3H,4,10H2;1-2,12-13H;3H2,1-2H3/t16?,20?,23-;;;;;;/m0....../s1. The van der Waals surface area contributed by atoms with E-state index in [-0.39, 0.29) is 128 Å². The first kappa shape index (κ1) is 105. The van der Waals surface area contributed by atoms with Crippen molar-refractivity contribution in [3.8, 4) is 11.1 Å². The minimum Gasteiger partial charge on any atom is -0.480 e. The van der Waals surface area contributed by atoms with Gasteiger partial charge in [-0.05, 0) is 279 Å². The second-order valence-electron chi connectivity index (χ2n) is 35.0. The lowest BCUT2D eigenvalue weighted by atomic mass is 9.81. The summed E-state index contributed by atoms with van der Waals surface area (Å²) >= 11 is 9.65. The molecule has 3 unspecified atom stereocenters. The molecule has 4 aliphatic carbocycles. The predicted octanol–water partition coefficient (Wildman–Crippen LogP) is 17.5. The number of carboxylic acids is 1. The third kappa shape index (κ3) is 26.9. The summed E-state index contributed by atoms with van der Waals surface area (Å²) in [5, 5.41) is 26.1. The zero-order chi connectivity index (χ0) is 97.4. The number of ether oxygens (including phenoxy) is 2. The Morgan fingerprint density at radius 1 is 0.432 bits per heavy atom. The highest BCUT2D eigenvalue weighted by Gasteiger charge is 2.61. The van der Waals surface area contributed by atoms with Gasteiger partial charge in [-0.25, -0.2) is 77.5 Å². The van der Waals surface area contributed by atoms with Crippen LogP contribution in [0.3, 0.4) is 0 Å². The van der Waals surface area contributed by atoms with Crippen LogP contribution >= 0.6 is 47.8 Å². The fourth-order valence-corrected chi connectivity index (χ4v) is 22.0. The molecule has 8 aromatic rings. The number of rotatable bonds is 20. The number of carbonyl (C=O) groups is 6. The first-order valence-electron chi connectivity index (χ1n) is 42.1. The fraction of sp³-hybridized carbons (Fsp3) is 0.444. The number of amides is 2. The number of aliphatic carboxylic acids is 1. The molecule has 5 N–H and O–H groups in total. The van der Waals surface area contributed by atoms with E-state index in [1.807, 2.05) is 26.8 Å². The molecule has 4 atom stereocenters. The Kier molecular flexibility index (Phi) is 34.7. The van der Waals surface area contributed by atoms with Gasteiger partial charge in [0.05, 0.1) is 27.9 Å². The average Bonchev–Trinajstić information content (AvgIpc) is 1.57. The van der Waals surface area contributed by atoms with Crippen molar-refractivity contribution in [1.82, 2.24) is 38.3 Å². The van der Waals surface area contributed by atoms with Crippen molar-refractivity contribution in [3.05, 3.63) is 228 Å². The number of ketones is 3. The van der Waals surface area contributed by atoms with E-state index in [1.54, 1.807) is 37.8 Å². The number of nitrogens with two attached hydrogens (primary N) is 1. The molecule has 0 radical (unpaired) electrons. The van der Waals surface area contributed by atoms with Crippen LogP contribution in [-0.4, -0.2) is 172 Å². The maximum absolute atomic E-state index is 14.3. The van der Waals surface area contributed by atoms with Gasteiger partial charge in [0.1, 0.15) is 52.1 Å². The van der Waals surface area contributed by atoms with Gasteiger partial charge in [-0.3, -0.25) is 24.2 Å². The zero-order valence-corrected chi connectivity index (χ0v) is 78.9. The fourth-order valence-electron chi connectivity index (χ4n) is 16.7. The molecular weight excluding hydrogens is 1990 g/mol. The van der Waals surface area contributed by atoms with Crippen LogP contribution in [-0.2, 0) is 86.9 Å². The molecule has 8 saturated heterocycles. The summed E-state index contributed by atoms with van der Waals surface area (Å²) in [4.78, 5) is 89.6. The molecule has 8 aliphatic heterocycles. The quantitative estimate of drug-likeness (QED) is 0.0407. The maximum Gasteiger partial charge on any atom is 0.491 e. The number of benzene rings is 6. The molecule has 2 amide bonds. The summed E-state index contributed by atoms with van der Waals surface area (Å²) in [6.45, 7) is 15.4. The highest BCUT2D eigenvalue weighted by Crippen LogP contribution is 2.52. The molecule has 10 heterocycles. The normalized spacial score (nSPS) is 21.8. The largest absolute Gasteiger partial charge is 0.491 e. The number of aryl methyl sites for hydroxylation is 3. The van der Waals surface area contributed by atoms with Crippen LogP contribution in [0.4, 0.5) is 62.3 Å². The van der Waals surface area contributed by atoms with Crippen molar-refractivity contribution in [2.45, 2.75) is 240 Å². The summed E-state index contributed by atoms with van der Waals surface area (Å²) in [5.74, 6) is -6.40. The lowest BCUT2D eigenvalue weighted by Gasteiger charge is -2.29. The van der Waals surface area contributed by atoms with Crippen molar-refractivity contribution in [2.24, 2.45) is 29.4 Å². The topological polar surface area (TPSA) is 340 Å². The summed E-state index contributed by atoms with van der Waals surface area (Å²) in [6, 6.07) is 23.8. The van der Waals surface area contributed by atoms with Gasteiger partial charge >= 0.3 is 37.6 Å². The van der Waals surface area contributed by atoms with Gasteiger partial charge in [0, 0.05) is 99.2 Å². The number of aromatic nitrogens is 4. The van der Waals surface area contributed by atoms with Gasteiger partial charge in [0.15, 0.2) is 17.3 Å². The molecule has 0 spiro atoms. The number of carbonyl (C=O) groups excluding carboxylic acids is 5. The van der Waals surface area contributed by atoms with Crippen molar-refractivity contribution < 1.29 is 123 Å². The molecule has 4 saturated carbocycles. The third-order valence-electron chi connectivity index (χ3n) is 22.7. The summed E-state index contributed by atoms with van der Waals surface area (Å²) in [7, 11) is -9.75. The number of nitrogens with zero attached hydrogens (tertiary/aromatic N) is 8. The maximum atomic E-state index is 14.3.